The molecule has 0 aliphatic carbocycles. The van der Waals surface area contributed by atoms with Gasteiger partial charge in [-0.15, -0.1) is 0 Å². The number of hydrogen-bond acceptors (Lipinski definition) is 3. The summed E-state index contributed by atoms with van der Waals surface area (Å²) >= 11 is 0. The van der Waals surface area contributed by atoms with Crippen molar-refractivity contribution in [2.45, 2.75) is 33.6 Å². The van der Waals surface area contributed by atoms with Gasteiger partial charge in [-0.3, -0.25) is 4.79 Å². The average molecular weight is 216 g/mol. The number of hydrogen-bond donors (Lipinski definition) is 3. The molecule has 0 aromatic rings. The van der Waals surface area contributed by atoms with Crippen LogP contribution in [-0.2, 0) is 4.79 Å². The molecule has 0 saturated carbocycles. The fraction of sp³-hybridized carbons (Fsp3) is 0.909. The Morgan fingerprint density at radius 1 is 1.53 bits per heavy atom. The van der Waals surface area contributed by atoms with E-state index < -0.39 is 0 Å². The first-order valence-corrected chi connectivity index (χ1v) is 5.49. The van der Waals surface area contributed by atoms with Crippen molar-refractivity contribution in [3.8, 4) is 0 Å². The highest BCUT2D eigenvalue weighted by Gasteiger charge is 2.17. The number of carbonyl (C=O) groups is 1. The number of aliphatic hydroxyl groups excluding tert-OH is 1. The van der Waals surface area contributed by atoms with Crippen LogP contribution >= 0.6 is 0 Å². The minimum Gasteiger partial charge on any atom is -0.396 e. The van der Waals surface area contributed by atoms with Crippen LogP contribution in [0.3, 0.4) is 0 Å². The molecule has 0 rings (SSSR count). The van der Waals surface area contributed by atoms with Gasteiger partial charge < -0.3 is 16.2 Å². The molecule has 1 atom stereocenters. The van der Waals surface area contributed by atoms with E-state index in [-0.39, 0.29) is 17.9 Å². The van der Waals surface area contributed by atoms with Crippen LogP contribution in [0.15, 0.2) is 0 Å². The van der Waals surface area contributed by atoms with Crippen molar-refractivity contribution >= 4 is 5.91 Å². The summed E-state index contributed by atoms with van der Waals surface area (Å²) in [4.78, 5) is 11.4. The van der Waals surface area contributed by atoms with Gasteiger partial charge in [0.05, 0.1) is 0 Å². The van der Waals surface area contributed by atoms with Gasteiger partial charge in [-0.05, 0) is 18.9 Å². The third-order valence-electron chi connectivity index (χ3n) is 2.46. The van der Waals surface area contributed by atoms with Crippen molar-refractivity contribution in [2.24, 2.45) is 17.1 Å². The van der Waals surface area contributed by atoms with Crippen molar-refractivity contribution in [1.82, 2.24) is 5.32 Å². The summed E-state index contributed by atoms with van der Waals surface area (Å²) in [5.41, 5.74) is 5.22. The molecule has 1 amide bonds. The minimum atomic E-state index is -0.241. The Morgan fingerprint density at radius 2 is 2.13 bits per heavy atom. The summed E-state index contributed by atoms with van der Waals surface area (Å²) in [6.07, 6.45) is 1.34. The van der Waals surface area contributed by atoms with E-state index >= 15 is 0 Å². The second-order valence-electron chi connectivity index (χ2n) is 4.98. The number of carbonyl (C=O) groups excluding carboxylic acids is 1. The Hall–Kier alpha value is -0.610. The molecule has 0 aromatic heterocycles. The molecule has 0 fully saturated rings. The number of nitrogens with one attached hydrogen (secondary N) is 1. The van der Waals surface area contributed by atoms with Gasteiger partial charge in [0.2, 0.25) is 5.91 Å². The van der Waals surface area contributed by atoms with Crippen molar-refractivity contribution in [2.75, 3.05) is 19.7 Å². The maximum Gasteiger partial charge on any atom is 0.220 e. The third kappa shape index (κ3) is 7.33. The Balaban J connectivity index is 3.67. The molecule has 15 heavy (non-hydrogen) atoms. The molecule has 1 unspecified atom stereocenters. The number of amides is 1. The lowest BCUT2D eigenvalue weighted by molar-refractivity contribution is -0.121. The number of nitrogens with two attached hydrogens (primary N) is 1. The zero-order chi connectivity index (χ0) is 11.9. The van der Waals surface area contributed by atoms with Gasteiger partial charge >= 0.3 is 0 Å². The first kappa shape index (κ1) is 14.4. The lowest BCUT2D eigenvalue weighted by atomic mass is 9.95. The van der Waals surface area contributed by atoms with E-state index in [0.29, 0.717) is 25.4 Å². The van der Waals surface area contributed by atoms with E-state index in [4.69, 9.17) is 10.8 Å². The molecule has 4 N–H and O–H groups in total. The van der Waals surface area contributed by atoms with Gasteiger partial charge in [0, 0.05) is 25.0 Å². The van der Waals surface area contributed by atoms with Crippen LogP contribution in [0, 0.1) is 11.3 Å². The van der Waals surface area contributed by atoms with E-state index in [2.05, 4.69) is 5.32 Å². The van der Waals surface area contributed by atoms with E-state index in [1.807, 2.05) is 20.8 Å². The molecule has 4 nitrogen and oxygen atoms in total. The normalized spacial score (nSPS) is 13.7. The highest BCUT2D eigenvalue weighted by Crippen LogP contribution is 2.11. The first-order valence-electron chi connectivity index (χ1n) is 5.49. The molecule has 0 saturated heterocycles. The Morgan fingerprint density at radius 3 is 2.60 bits per heavy atom. The van der Waals surface area contributed by atoms with E-state index in [0.717, 1.165) is 6.42 Å². The summed E-state index contributed by atoms with van der Waals surface area (Å²) < 4.78 is 0. The molecule has 4 heteroatoms. The van der Waals surface area contributed by atoms with Crippen LogP contribution in [0.25, 0.3) is 0 Å². The Labute approximate surface area is 92.2 Å². The quantitative estimate of drug-likeness (QED) is 0.580. The molecule has 0 spiro atoms. The van der Waals surface area contributed by atoms with Crippen LogP contribution in [0.2, 0.25) is 0 Å². The minimum absolute atomic E-state index is 0.0387. The molecule has 0 aliphatic heterocycles. The van der Waals surface area contributed by atoms with Crippen molar-refractivity contribution in [3.63, 3.8) is 0 Å². The Kier molecular flexibility index (Phi) is 6.52. The number of rotatable bonds is 7. The van der Waals surface area contributed by atoms with Crippen molar-refractivity contribution in [1.29, 1.82) is 0 Å². The highest BCUT2D eigenvalue weighted by atomic mass is 16.3. The van der Waals surface area contributed by atoms with Crippen LogP contribution in [0.1, 0.15) is 33.6 Å². The van der Waals surface area contributed by atoms with Gasteiger partial charge in [-0.25, -0.2) is 0 Å². The van der Waals surface area contributed by atoms with Gasteiger partial charge in [-0.1, -0.05) is 20.8 Å². The van der Waals surface area contributed by atoms with E-state index in [1.165, 1.54) is 0 Å². The average Bonchev–Trinajstić information content (AvgIpc) is 2.23. The maximum atomic E-state index is 11.4. The van der Waals surface area contributed by atoms with Crippen molar-refractivity contribution < 1.29 is 9.90 Å². The summed E-state index contributed by atoms with van der Waals surface area (Å²) in [5, 5.41) is 11.8. The fourth-order valence-electron chi connectivity index (χ4n) is 0.977. The van der Waals surface area contributed by atoms with Crippen molar-refractivity contribution in [3.05, 3.63) is 0 Å². The summed E-state index contributed by atoms with van der Waals surface area (Å²) in [5.74, 6) is 0.429. The SMILES string of the molecule is CC(CN)CCC(=O)NCC(C)(C)CO. The molecule has 0 aromatic carbocycles. The zero-order valence-corrected chi connectivity index (χ0v) is 10.0. The van der Waals surface area contributed by atoms with Gasteiger partial charge in [0.15, 0.2) is 0 Å². The Bertz CT molecular complexity index is 193. The molecule has 0 radical (unpaired) electrons. The van der Waals surface area contributed by atoms with Crippen LogP contribution < -0.4 is 11.1 Å². The second kappa shape index (κ2) is 6.80. The maximum absolute atomic E-state index is 11.4. The topological polar surface area (TPSA) is 75.4 Å². The smallest absolute Gasteiger partial charge is 0.220 e. The highest BCUT2D eigenvalue weighted by molar-refractivity contribution is 5.75. The van der Waals surface area contributed by atoms with Crippen LogP contribution in [-0.4, -0.2) is 30.7 Å². The zero-order valence-electron chi connectivity index (χ0n) is 10.0. The largest absolute Gasteiger partial charge is 0.396 e. The number of aliphatic hydroxyl groups is 1. The predicted molar refractivity (Wildman–Crippen MR) is 61.3 cm³/mol. The fourth-order valence-corrected chi connectivity index (χ4v) is 0.977. The van der Waals surface area contributed by atoms with Gasteiger partial charge in [-0.2, -0.15) is 0 Å². The second-order valence-corrected chi connectivity index (χ2v) is 4.98. The summed E-state index contributed by atoms with van der Waals surface area (Å²) in [7, 11) is 0. The van der Waals surface area contributed by atoms with E-state index in [9.17, 15) is 4.79 Å². The monoisotopic (exact) mass is 216 g/mol. The van der Waals surface area contributed by atoms with Gasteiger partial charge in [0.1, 0.15) is 0 Å². The predicted octanol–water partition coefficient (Wildman–Crippen LogP) is 0.496. The third-order valence-corrected chi connectivity index (χ3v) is 2.46. The van der Waals surface area contributed by atoms with Crippen LogP contribution in [0.4, 0.5) is 0 Å². The molecular formula is C11H24N2O2. The van der Waals surface area contributed by atoms with Gasteiger partial charge in [0.25, 0.3) is 0 Å². The van der Waals surface area contributed by atoms with E-state index in [1.54, 1.807) is 0 Å². The van der Waals surface area contributed by atoms with Crippen LogP contribution in [0.5, 0.6) is 0 Å². The molecule has 0 aliphatic rings. The lowest BCUT2D eigenvalue weighted by Crippen LogP contribution is -2.36. The standard InChI is InChI=1S/C11H24N2O2/c1-9(6-12)4-5-10(15)13-7-11(2,3)8-14/h9,14H,4-8,12H2,1-3H3,(H,13,15). The molecular weight excluding hydrogens is 192 g/mol. The lowest BCUT2D eigenvalue weighted by Gasteiger charge is -2.22. The summed E-state index contributed by atoms with van der Waals surface area (Å²) in [6, 6.07) is 0. The molecule has 0 heterocycles. The molecule has 90 valence electrons. The summed E-state index contributed by atoms with van der Waals surface area (Å²) in [6.45, 7) is 7.07. The molecule has 0 bridgehead atoms. The first-order chi connectivity index (χ1) is 6.91.